The Morgan fingerprint density at radius 2 is 2.09 bits per heavy atom. The lowest BCUT2D eigenvalue weighted by molar-refractivity contribution is -0.134. The molecular formula is C15H15F2N3O3. The summed E-state index contributed by atoms with van der Waals surface area (Å²) in [6.45, 7) is 0.831. The maximum absolute atomic E-state index is 14.0. The van der Waals surface area contributed by atoms with Crippen molar-refractivity contribution in [2.24, 2.45) is 0 Å². The van der Waals surface area contributed by atoms with E-state index in [2.05, 4.69) is 10.6 Å². The fourth-order valence-electron chi connectivity index (χ4n) is 2.55. The summed E-state index contributed by atoms with van der Waals surface area (Å²) < 4.78 is 27.4. The van der Waals surface area contributed by atoms with E-state index in [4.69, 9.17) is 0 Å². The number of carbonyl (C=O) groups is 3. The monoisotopic (exact) mass is 323 g/mol. The van der Waals surface area contributed by atoms with Gasteiger partial charge in [-0.1, -0.05) is 0 Å². The van der Waals surface area contributed by atoms with E-state index in [1.54, 1.807) is 0 Å². The van der Waals surface area contributed by atoms with Gasteiger partial charge < -0.3 is 10.6 Å². The lowest BCUT2D eigenvalue weighted by atomic mass is 9.91. The Morgan fingerprint density at radius 1 is 1.39 bits per heavy atom. The van der Waals surface area contributed by atoms with Gasteiger partial charge in [-0.3, -0.25) is 14.5 Å². The largest absolute Gasteiger partial charge is 0.352 e. The Balaban J connectivity index is 1.84. The van der Waals surface area contributed by atoms with Gasteiger partial charge in [0.25, 0.3) is 5.91 Å². The van der Waals surface area contributed by atoms with Crippen molar-refractivity contribution in [1.29, 1.82) is 0 Å². The van der Waals surface area contributed by atoms with Crippen molar-refractivity contribution < 1.29 is 23.2 Å². The van der Waals surface area contributed by atoms with Crippen LogP contribution < -0.4 is 10.6 Å². The molecule has 2 fully saturated rings. The van der Waals surface area contributed by atoms with Crippen molar-refractivity contribution in [2.45, 2.75) is 31.3 Å². The molecule has 1 aliphatic heterocycles. The van der Waals surface area contributed by atoms with Gasteiger partial charge in [-0.2, -0.15) is 0 Å². The third kappa shape index (κ3) is 2.76. The highest BCUT2D eigenvalue weighted by molar-refractivity contribution is 6.09. The smallest absolute Gasteiger partial charge is 0.325 e. The van der Waals surface area contributed by atoms with Crippen LogP contribution >= 0.6 is 0 Å². The Hall–Kier alpha value is -2.51. The van der Waals surface area contributed by atoms with Crippen molar-refractivity contribution in [2.75, 3.05) is 6.54 Å². The first kappa shape index (κ1) is 15.4. The zero-order valence-corrected chi connectivity index (χ0v) is 12.4. The van der Waals surface area contributed by atoms with E-state index in [-0.39, 0.29) is 11.6 Å². The molecule has 1 aromatic rings. The summed E-state index contributed by atoms with van der Waals surface area (Å²) in [4.78, 5) is 37.0. The van der Waals surface area contributed by atoms with Crippen molar-refractivity contribution in [1.82, 2.24) is 15.5 Å². The lowest BCUT2D eigenvalue weighted by Crippen LogP contribution is -2.44. The molecule has 1 unspecified atom stereocenters. The number of urea groups is 1. The Bertz CT molecular complexity index is 705. The molecule has 1 aliphatic carbocycles. The van der Waals surface area contributed by atoms with Crippen molar-refractivity contribution >= 4 is 17.8 Å². The highest BCUT2D eigenvalue weighted by atomic mass is 19.1. The molecule has 2 aliphatic rings. The first-order valence-electron chi connectivity index (χ1n) is 7.20. The maximum atomic E-state index is 14.0. The van der Waals surface area contributed by atoms with Crippen LogP contribution in [0.4, 0.5) is 13.6 Å². The zero-order chi connectivity index (χ0) is 16.8. The highest BCUT2D eigenvalue weighted by Crippen LogP contribution is 2.31. The van der Waals surface area contributed by atoms with Gasteiger partial charge in [0.15, 0.2) is 0 Å². The Kier molecular flexibility index (Phi) is 3.54. The molecule has 1 heterocycles. The summed E-state index contributed by atoms with van der Waals surface area (Å²) in [5.41, 5.74) is -2.02. The molecule has 0 spiro atoms. The quantitative estimate of drug-likeness (QED) is 0.812. The van der Waals surface area contributed by atoms with E-state index in [1.165, 1.54) is 6.92 Å². The van der Waals surface area contributed by atoms with E-state index in [1.807, 2.05) is 0 Å². The number of rotatable bonds is 4. The number of amides is 4. The Labute approximate surface area is 130 Å². The van der Waals surface area contributed by atoms with Gasteiger partial charge in [-0.15, -0.1) is 0 Å². The summed E-state index contributed by atoms with van der Waals surface area (Å²) >= 11 is 0. The number of hydrogen-bond donors (Lipinski definition) is 2. The van der Waals surface area contributed by atoms with E-state index in [0.29, 0.717) is 4.90 Å². The van der Waals surface area contributed by atoms with Gasteiger partial charge in [-0.25, -0.2) is 13.6 Å². The van der Waals surface area contributed by atoms with Crippen LogP contribution in [-0.4, -0.2) is 35.3 Å². The zero-order valence-electron chi connectivity index (χ0n) is 12.4. The summed E-state index contributed by atoms with van der Waals surface area (Å²) in [6.07, 6.45) is 1.75. The van der Waals surface area contributed by atoms with Gasteiger partial charge in [0, 0.05) is 11.6 Å². The van der Waals surface area contributed by atoms with Crippen LogP contribution in [0.15, 0.2) is 18.2 Å². The van der Waals surface area contributed by atoms with Gasteiger partial charge in [0.2, 0.25) is 5.91 Å². The number of carbonyl (C=O) groups excluding carboxylic acids is 3. The number of benzene rings is 1. The molecule has 1 saturated carbocycles. The molecule has 1 saturated heterocycles. The second-order valence-corrected chi connectivity index (χ2v) is 5.91. The fourth-order valence-corrected chi connectivity index (χ4v) is 2.55. The van der Waals surface area contributed by atoms with Gasteiger partial charge in [0.1, 0.15) is 23.7 Å². The average molecular weight is 323 g/mol. The SMILES string of the molecule is CC1(c2cc(F)ccc2F)NC(=O)N(CC(=O)NC2CC2)C1=O. The molecule has 0 radical (unpaired) electrons. The third-order valence-electron chi connectivity index (χ3n) is 3.99. The lowest BCUT2D eigenvalue weighted by Gasteiger charge is -2.22. The highest BCUT2D eigenvalue weighted by Gasteiger charge is 2.51. The van der Waals surface area contributed by atoms with Crippen LogP contribution in [0.25, 0.3) is 0 Å². The van der Waals surface area contributed by atoms with E-state index in [9.17, 15) is 23.2 Å². The number of nitrogens with zero attached hydrogens (tertiary/aromatic N) is 1. The van der Waals surface area contributed by atoms with E-state index in [0.717, 1.165) is 31.0 Å². The predicted molar refractivity (Wildman–Crippen MR) is 75.1 cm³/mol. The fraction of sp³-hybridized carbons (Fsp3) is 0.400. The predicted octanol–water partition coefficient (Wildman–Crippen LogP) is 1.01. The number of hydrogen-bond acceptors (Lipinski definition) is 3. The minimum Gasteiger partial charge on any atom is -0.352 e. The van der Waals surface area contributed by atoms with E-state index >= 15 is 0 Å². The molecule has 8 heteroatoms. The normalized spacial score (nSPS) is 23.9. The second kappa shape index (κ2) is 5.29. The van der Waals surface area contributed by atoms with Gasteiger partial charge in [0.05, 0.1) is 0 Å². The molecule has 6 nitrogen and oxygen atoms in total. The maximum Gasteiger partial charge on any atom is 0.325 e. The molecule has 1 atom stereocenters. The van der Waals surface area contributed by atoms with Gasteiger partial charge >= 0.3 is 6.03 Å². The van der Waals surface area contributed by atoms with Crippen molar-refractivity contribution in [3.8, 4) is 0 Å². The van der Waals surface area contributed by atoms with Crippen LogP contribution in [0.3, 0.4) is 0 Å². The number of imide groups is 1. The molecule has 2 N–H and O–H groups in total. The molecule has 122 valence electrons. The number of nitrogens with one attached hydrogen (secondary N) is 2. The summed E-state index contributed by atoms with van der Waals surface area (Å²) in [6, 6.07) is 1.95. The molecule has 1 aromatic carbocycles. The average Bonchev–Trinajstić information content (AvgIpc) is 3.26. The summed E-state index contributed by atoms with van der Waals surface area (Å²) in [7, 11) is 0. The van der Waals surface area contributed by atoms with Crippen LogP contribution in [-0.2, 0) is 15.1 Å². The first-order valence-corrected chi connectivity index (χ1v) is 7.20. The third-order valence-corrected chi connectivity index (χ3v) is 3.99. The second-order valence-electron chi connectivity index (χ2n) is 5.91. The molecule has 4 amide bonds. The minimum atomic E-state index is -1.75. The molecular weight excluding hydrogens is 308 g/mol. The van der Waals surface area contributed by atoms with Crippen molar-refractivity contribution in [3.05, 3.63) is 35.4 Å². The molecule has 3 rings (SSSR count). The summed E-state index contributed by atoms with van der Waals surface area (Å²) in [5.74, 6) is -2.79. The van der Waals surface area contributed by atoms with Crippen LogP contribution in [0.1, 0.15) is 25.3 Å². The first-order chi connectivity index (χ1) is 10.8. The van der Waals surface area contributed by atoms with Gasteiger partial charge in [-0.05, 0) is 38.0 Å². The molecule has 0 aromatic heterocycles. The minimum absolute atomic E-state index is 0.0929. The Morgan fingerprint density at radius 3 is 2.74 bits per heavy atom. The van der Waals surface area contributed by atoms with E-state index < -0.39 is 41.6 Å². The van der Waals surface area contributed by atoms with Crippen LogP contribution in [0.5, 0.6) is 0 Å². The number of halogens is 2. The van der Waals surface area contributed by atoms with Crippen molar-refractivity contribution in [3.63, 3.8) is 0 Å². The van der Waals surface area contributed by atoms with Crippen LogP contribution in [0, 0.1) is 11.6 Å². The standard InChI is InChI=1S/C15H15F2N3O3/c1-15(10-6-8(16)2-5-11(10)17)13(22)20(14(23)19-15)7-12(21)18-9-3-4-9/h2,5-6,9H,3-4,7H2,1H3,(H,18,21)(H,19,23). The molecule has 23 heavy (non-hydrogen) atoms. The van der Waals surface area contributed by atoms with Crippen LogP contribution in [0.2, 0.25) is 0 Å². The molecule has 0 bridgehead atoms. The topological polar surface area (TPSA) is 78.5 Å². The summed E-state index contributed by atoms with van der Waals surface area (Å²) in [5, 5.41) is 5.00.